The van der Waals surface area contributed by atoms with Gasteiger partial charge in [-0.2, -0.15) is 0 Å². The summed E-state index contributed by atoms with van der Waals surface area (Å²) in [5.74, 6) is 1.49. The zero-order valence-electron chi connectivity index (χ0n) is 12.5. The Morgan fingerprint density at radius 2 is 2.00 bits per heavy atom. The van der Waals surface area contributed by atoms with Gasteiger partial charge in [-0.25, -0.2) is 0 Å². The fourth-order valence-electron chi connectivity index (χ4n) is 3.34. The lowest BCUT2D eigenvalue weighted by molar-refractivity contribution is 0.486. The van der Waals surface area contributed by atoms with E-state index in [9.17, 15) is 0 Å². The predicted molar refractivity (Wildman–Crippen MR) is 87.5 cm³/mol. The molecule has 1 aliphatic rings. The number of thiophene rings is 1. The molecule has 3 atom stereocenters. The molecule has 1 aromatic heterocycles. The van der Waals surface area contributed by atoms with Crippen molar-refractivity contribution in [2.45, 2.75) is 39.2 Å². The summed E-state index contributed by atoms with van der Waals surface area (Å²) in [5, 5.41) is 3.72. The predicted octanol–water partition coefficient (Wildman–Crippen LogP) is 4.82. The van der Waals surface area contributed by atoms with Crippen molar-refractivity contribution < 1.29 is 0 Å². The fourth-order valence-corrected chi connectivity index (χ4v) is 4.31. The van der Waals surface area contributed by atoms with E-state index in [1.54, 1.807) is 0 Å². The van der Waals surface area contributed by atoms with E-state index in [0.29, 0.717) is 6.04 Å². The molecule has 0 amide bonds. The maximum atomic E-state index is 3.72. The van der Waals surface area contributed by atoms with Gasteiger partial charge < -0.3 is 5.32 Å². The van der Waals surface area contributed by atoms with Crippen LogP contribution in [0.5, 0.6) is 0 Å². The molecule has 2 heteroatoms. The van der Waals surface area contributed by atoms with Crippen molar-refractivity contribution in [1.82, 2.24) is 5.32 Å². The summed E-state index contributed by atoms with van der Waals surface area (Å²) >= 11 is 1.93. The lowest BCUT2D eigenvalue weighted by Crippen LogP contribution is -2.23. The quantitative estimate of drug-likeness (QED) is 0.830. The van der Waals surface area contributed by atoms with Gasteiger partial charge in [-0.15, -0.1) is 11.3 Å². The van der Waals surface area contributed by atoms with Crippen LogP contribution in [0.4, 0.5) is 0 Å². The summed E-state index contributed by atoms with van der Waals surface area (Å²) in [6.45, 7) is 7.72. The minimum absolute atomic E-state index is 0.523. The summed E-state index contributed by atoms with van der Waals surface area (Å²) in [6, 6.07) is 13.9. The van der Waals surface area contributed by atoms with Crippen LogP contribution in [-0.2, 0) is 0 Å². The average molecular weight is 285 g/mol. The first-order chi connectivity index (χ1) is 9.70. The highest BCUT2D eigenvalue weighted by Gasteiger charge is 2.44. The molecule has 3 rings (SSSR count). The summed E-state index contributed by atoms with van der Waals surface area (Å²) in [6.07, 6.45) is 1.32. The Balaban J connectivity index is 1.81. The molecular weight excluding hydrogens is 262 g/mol. The molecule has 1 nitrogen and oxygen atoms in total. The summed E-state index contributed by atoms with van der Waals surface area (Å²) < 4.78 is 0. The number of rotatable bonds is 5. The fraction of sp³-hybridized carbons (Fsp3) is 0.444. The first-order valence-corrected chi connectivity index (χ1v) is 8.37. The third-order valence-corrected chi connectivity index (χ3v) is 5.32. The molecule has 106 valence electrons. The zero-order chi connectivity index (χ0) is 14.1. The molecule has 1 N–H and O–H groups in total. The second-order valence-corrected chi connectivity index (χ2v) is 7.28. The largest absolute Gasteiger partial charge is 0.310 e. The first-order valence-electron chi connectivity index (χ1n) is 7.56. The van der Waals surface area contributed by atoms with Crippen LogP contribution < -0.4 is 5.32 Å². The van der Waals surface area contributed by atoms with Crippen molar-refractivity contribution in [2.24, 2.45) is 5.92 Å². The average Bonchev–Trinajstić information content (AvgIpc) is 3.17. The highest BCUT2D eigenvalue weighted by atomic mass is 32.1. The first kappa shape index (κ1) is 13.8. The highest BCUT2D eigenvalue weighted by molar-refractivity contribution is 7.12. The van der Waals surface area contributed by atoms with Crippen molar-refractivity contribution in [3.8, 4) is 0 Å². The number of aryl methyl sites for hydroxylation is 2. The number of hydrogen-bond acceptors (Lipinski definition) is 2. The molecule has 0 spiro atoms. The van der Waals surface area contributed by atoms with Gasteiger partial charge in [-0.05, 0) is 55.8 Å². The van der Waals surface area contributed by atoms with Crippen molar-refractivity contribution in [3.05, 3.63) is 57.3 Å². The monoisotopic (exact) mass is 285 g/mol. The van der Waals surface area contributed by atoms with Gasteiger partial charge >= 0.3 is 0 Å². The second-order valence-electron chi connectivity index (χ2n) is 5.82. The van der Waals surface area contributed by atoms with E-state index < -0.39 is 0 Å². The molecule has 3 unspecified atom stereocenters. The van der Waals surface area contributed by atoms with Gasteiger partial charge in [0.2, 0.25) is 0 Å². The third kappa shape index (κ3) is 2.68. The van der Waals surface area contributed by atoms with Crippen LogP contribution >= 0.6 is 11.3 Å². The van der Waals surface area contributed by atoms with Gasteiger partial charge in [0.25, 0.3) is 0 Å². The maximum Gasteiger partial charge on any atom is 0.0365 e. The van der Waals surface area contributed by atoms with Gasteiger partial charge in [0.05, 0.1) is 0 Å². The van der Waals surface area contributed by atoms with Crippen LogP contribution in [0.3, 0.4) is 0 Å². The minimum Gasteiger partial charge on any atom is -0.310 e. The second kappa shape index (κ2) is 5.71. The van der Waals surface area contributed by atoms with Gasteiger partial charge in [0.15, 0.2) is 0 Å². The molecule has 20 heavy (non-hydrogen) atoms. The highest BCUT2D eigenvalue weighted by Crippen LogP contribution is 2.54. The van der Waals surface area contributed by atoms with Gasteiger partial charge in [0.1, 0.15) is 0 Å². The topological polar surface area (TPSA) is 12.0 Å². The van der Waals surface area contributed by atoms with Crippen molar-refractivity contribution in [1.29, 1.82) is 0 Å². The molecule has 1 heterocycles. The lowest BCUT2D eigenvalue weighted by atomic mass is 9.99. The van der Waals surface area contributed by atoms with E-state index in [1.807, 2.05) is 11.3 Å². The number of benzene rings is 1. The molecule has 0 radical (unpaired) electrons. The number of nitrogens with one attached hydrogen (secondary N) is 1. The van der Waals surface area contributed by atoms with Crippen molar-refractivity contribution in [2.75, 3.05) is 6.54 Å². The molecule has 2 aromatic rings. The normalized spacial score (nSPS) is 22.8. The zero-order valence-corrected chi connectivity index (χ0v) is 13.3. The molecule has 0 aliphatic heterocycles. The van der Waals surface area contributed by atoms with Crippen LogP contribution in [0.1, 0.15) is 46.2 Å². The third-order valence-electron chi connectivity index (χ3n) is 4.33. The standard InChI is InChI=1S/C18H23NS/c1-4-19-18(15-10-12(2)20-13(15)3)17-11-16(17)14-8-6-5-7-9-14/h5-10,16-19H,4,11H2,1-3H3. The molecule has 0 bridgehead atoms. The Morgan fingerprint density at radius 3 is 2.60 bits per heavy atom. The van der Waals surface area contributed by atoms with Gasteiger partial charge in [-0.1, -0.05) is 37.3 Å². The Kier molecular flexibility index (Phi) is 3.95. The number of hydrogen-bond donors (Lipinski definition) is 1. The summed E-state index contributed by atoms with van der Waals surface area (Å²) in [4.78, 5) is 2.91. The molecule has 1 aromatic carbocycles. The molecule has 1 saturated carbocycles. The van der Waals surface area contributed by atoms with Gasteiger partial charge in [0, 0.05) is 15.8 Å². The van der Waals surface area contributed by atoms with E-state index >= 15 is 0 Å². The Labute approximate surface area is 126 Å². The smallest absolute Gasteiger partial charge is 0.0365 e. The van der Waals surface area contributed by atoms with E-state index in [2.05, 4.69) is 62.5 Å². The van der Waals surface area contributed by atoms with E-state index in [0.717, 1.165) is 18.4 Å². The van der Waals surface area contributed by atoms with Crippen LogP contribution in [0, 0.1) is 19.8 Å². The van der Waals surface area contributed by atoms with Crippen molar-refractivity contribution >= 4 is 11.3 Å². The molecule has 1 aliphatic carbocycles. The Bertz CT molecular complexity index is 572. The lowest BCUT2D eigenvalue weighted by Gasteiger charge is -2.18. The van der Waals surface area contributed by atoms with E-state index in [4.69, 9.17) is 0 Å². The van der Waals surface area contributed by atoms with Crippen LogP contribution in [0.25, 0.3) is 0 Å². The van der Waals surface area contributed by atoms with Crippen molar-refractivity contribution in [3.63, 3.8) is 0 Å². The maximum absolute atomic E-state index is 3.72. The van der Waals surface area contributed by atoms with E-state index in [-0.39, 0.29) is 0 Å². The van der Waals surface area contributed by atoms with E-state index in [1.165, 1.54) is 27.3 Å². The van der Waals surface area contributed by atoms with Crippen LogP contribution in [-0.4, -0.2) is 6.54 Å². The Morgan fingerprint density at radius 1 is 1.25 bits per heavy atom. The van der Waals surface area contributed by atoms with Crippen LogP contribution in [0.2, 0.25) is 0 Å². The summed E-state index contributed by atoms with van der Waals surface area (Å²) in [5.41, 5.74) is 3.03. The van der Waals surface area contributed by atoms with Crippen LogP contribution in [0.15, 0.2) is 36.4 Å². The molecule has 0 saturated heterocycles. The summed E-state index contributed by atoms with van der Waals surface area (Å²) in [7, 11) is 0. The minimum atomic E-state index is 0.523. The Hall–Kier alpha value is -1.12. The molecular formula is C18H23NS. The SMILES string of the molecule is CCNC(c1cc(C)sc1C)C1CC1c1ccccc1. The van der Waals surface area contributed by atoms with Gasteiger partial charge in [-0.3, -0.25) is 0 Å². The molecule has 1 fully saturated rings.